The maximum absolute atomic E-state index is 9.06. The maximum Gasteiger partial charge on any atom is 0.159 e. The first-order valence-electron chi connectivity index (χ1n) is 3.28. The second kappa shape index (κ2) is 1.95. The Labute approximate surface area is 63.1 Å². The monoisotopic (exact) mass is 149 g/mol. The zero-order valence-corrected chi connectivity index (χ0v) is 6.02. The molecule has 56 valence electrons. The molecule has 0 aliphatic rings. The molecule has 0 unspecified atom stereocenters. The van der Waals surface area contributed by atoms with Crippen LogP contribution in [0.4, 0.5) is 0 Å². The Morgan fingerprint density at radius 1 is 1.55 bits per heavy atom. The van der Waals surface area contributed by atoms with Gasteiger partial charge in [0, 0.05) is 12.3 Å². The highest BCUT2D eigenvalue weighted by Gasteiger charge is 1.97. The molecule has 2 aromatic rings. The highest BCUT2D eigenvalue weighted by molar-refractivity contribution is 5.42. The third-order valence-electron chi connectivity index (χ3n) is 1.43. The first-order chi connectivity index (χ1) is 5.25. The zero-order chi connectivity index (χ0) is 7.84. The summed E-state index contributed by atoms with van der Waals surface area (Å²) in [4.78, 5) is 4.07. The van der Waals surface area contributed by atoms with Crippen LogP contribution in [0.5, 0.6) is 5.75 Å². The van der Waals surface area contributed by atoms with Crippen LogP contribution < -0.4 is 0 Å². The SMILES string of the molecule is Cc1nc2cc(O)ccn2n1. The predicted octanol–water partition coefficient (Wildman–Crippen LogP) is 0.743. The summed E-state index contributed by atoms with van der Waals surface area (Å²) in [5.74, 6) is 0.917. The molecule has 2 aromatic heterocycles. The molecule has 2 heterocycles. The molecule has 0 amide bonds. The van der Waals surface area contributed by atoms with Gasteiger partial charge in [0.05, 0.1) is 0 Å². The lowest BCUT2D eigenvalue weighted by atomic mass is 10.4. The molecule has 0 saturated carbocycles. The molecule has 0 aliphatic carbocycles. The average Bonchev–Trinajstić information content (AvgIpc) is 2.27. The molecule has 1 N–H and O–H groups in total. The molecule has 4 nitrogen and oxygen atoms in total. The standard InChI is InChI=1S/C7H7N3O/c1-5-8-7-4-6(11)2-3-10(7)9-5/h2-4,11H,1H3. The van der Waals surface area contributed by atoms with Crippen LogP contribution in [0, 0.1) is 6.92 Å². The van der Waals surface area contributed by atoms with Crippen molar-refractivity contribution >= 4 is 5.65 Å². The van der Waals surface area contributed by atoms with Gasteiger partial charge in [0.2, 0.25) is 0 Å². The van der Waals surface area contributed by atoms with E-state index < -0.39 is 0 Å². The van der Waals surface area contributed by atoms with Crippen LogP contribution in [0.2, 0.25) is 0 Å². The Kier molecular flexibility index (Phi) is 1.09. The van der Waals surface area contributed by atoms with Crippen molar-refractivity contribution in [2.24, 2.45) is 0 Å². The Bertz CT molecular complexity index is 393. The number of hydrogen-bond acceptors (Lipinski definition) is 3. The lowest BCUT2D eigenvalue weighted by molar-refractivity contribution is 0.474. The highest BCUT2D eigenvalue weighted by Crippen LogP contribution is 2.09. The molecule has 0 saturated heterocycles. The van der Waals surface area contributed by atoms with Crippen molar-refractivity contribution in [1.82, 2.24) is 14.6 Å². The van der Waals surface area contributed by atoms with Crippen molar-refractivity contribution in [3.63, 3.8) is 0 Å². The summed E-state index contributed by atoms with van der Waals surface area (Å²) in [6.45, 7) is 1.81. The van der Waals surface area contributed by atoms with Gasteiger partial charge in [-0.25, -0.2) is 9.50 Å². The number of aromatic nitrogens is 3. The summed E-state index contributed by atoms with van der Waals surface area (Å²) in [5.41, 5.74) is 0.669. The number of fused-ring (bicyclic) bond motifs is 1. The summed E-state index contributed by atoms with van der Waals surface area (Å²) in [6, 6.07) is 3.14. The first kappa shape index (κ1) is 6.15. The molecule has 2 rings (SSSR count). The normalized spacial score (nSPS) is 10.6. The van der Waals surface area contributed by atoms with E-state index in [4.69, 9.17) is 5.11 Å². The third-order valence-corrected chi connectivity index (χ3v) is 1.43. The molecule has 4 heteroatoms. The average molecular weight is 149 g/mol. The Morgan fingerprint density at radius 2 is 2.36 bits per heavy atom. The van der Waals surface area contributed by atoms with E-state index in [0.29, 0.717) is 11.5 Å². The quantitative estimate of drug-likeness (QED) is 0.601. The molecular formula is C7H7N3O. The number of nitrogens with zero attached hydrogens (tertiary/aromatic N) is 3. The lowest BCUT2D eigenvalue weighted by Gasteiger charge is -1.90. The van der Waals surface area contributed by atoms with Gasteiger partial charge in [-0.2, -0.15) is 5.10 Å². The fourth-order valence-corrected chi connectivity index (χ4v) is 0.982. The molecule has 0 spiro atoms. The van der Waals surface area contributed by atoms with Crippen LogP contribution in [-0.2, 0) is 0 Å². The lowest BCUT2D eigenvalue weighted by Crippen LogP contribution is -1.84. The van der Waals surface area contributed by atoms with E-state index in [0.717, 1.165) is 0 Å². The summed E-state index contributed by atoms with van der Waals surface area (Å²) >= 11 is 0. The summed E-state index contributed by atoms with van der Waals surface area (Å²) in [5, 5.41) is 13.1. The fraction of sp³-hybridized carbons (Fsp3) is 0.143. The van der Waals surface area contributed by atoms with Gasteiger partial charge in [-0.3, -0.25) is 0 Å². The predicted molar refractivity (Wildman–Crippen MR) is 39.4 cm³/mol. The molecule has 11 heavy (non-hydrogen) atoms. The second-order valence-corrected chi connectivity index (χ2v) is 2.35. The summed E-state index contributed by atoms with van der Waals surface area (Å²) < 4.78 is 1.62. The van der Waals surface area contributed by atoms with Crippen molar-refractivity contribution in [3.8, 4) is 5.75 Å². The number of pyridine rings is 1. The number of aromatic hydroxyl groups is 1. The molecule has 0 aliphatic heterocycles. The smallest absolute Gasteiger partial charge is 0.159 e. The highest BCUT2D eigenvalue weighted by atomic mass is 16.3. The van der Waals surface area contributed by atoms with Gasteiger partial charge in [0.25, 0.3) is 0 Å². The van der Waals surface area contributed by atoms with Crippen molar-refractivity contribution < 1.29 is 5.11 Å². The third kappa shape index (κ3) is 0.920. The van der Waals surface area contributed by atoms with E-state index in [-0.39, 0.29) is 5.75 Å². The Morgan fingerprint density at radius 3 is 3.18 bits per heavy atom. The van der Waals surface area contributed by atoms with Crippen LogP contribution >= 0.6 is 0 Å². The van der Waals surface area contributed by atoms with Crippen LogP contribution in [0.15, 0.2) is 18.3 Å². The van der Waals surface area contributed by atoms with Crippen LogP contribution in [0.3, 0.4) is 0 Å². The van der Waals surface area contributed by atoms with Gasteiger partial charge in [-0.05, 0) is 13.0 Å². The number of aryl methyl sites for hydroxylation is 1. The van der Waals surface area contributed by atoms with Crippen LogP contribution in [0.1, 0.15) is 5.82 Å². The van der Waals surface area contributed by atoms with Crippen molar-refractivity contribution in [2.75, 3.05) is 0 Å². The summed E-state index contributed by atoms with van der Waals surface area (Å²) in [7, 11) is 0. The van der Waals surface area contributed by atoms with Crippen LogP contribution in [-0.4, -0.2) is 19.7 Å². The first-order valence-corrected chi connectivity index (χ1v) is 3.28. The van der Waals surface area contributed by atoms with E-state index in [9.17, 15) is 0 Å². The number of hydrogen-bond donors (Lipinski definition) is 1. The van der Waals surface area contributed by atoms with Crippen LogP contribution in [0.25, 0.3) is 5.65 Å². The van der Waals surface area contributed by atoms with Crippen molar-refractivity contribution in [3.05, 3.63) is 24.2 Å². The Hall–Kier alpha value is -1.58. The van der Waals surface area contributed by atoms with Crippen molar-refractivity contribution in [1.29, 1.82) is 0 Å². The van der Waals surface area contributed by atoms with Gasteiger partial charge in [-0.15, -0.1) is 0 Å². The minimum absolute atomic E-state index is 0.213. The summed E-state index contributed by atoms with van der Waals surface area (Å²) in [6.07, 6.45) is 1.67. The van der Waals surface area contributed by atoms with Gasteiger partial charge in [-0.1, -0.05) is 0 Å². The van der Waals surface area contributed by atoms with E-state index in [2.05, 4.69) is 10.1 Å². The Balaban J connectivity index is 2.82. The molecular weight excluding hydrogens is 142 g/mol. The van der Waals surface area contributed by atoms with E-state index >= 15 is 0 Å². The van der Waals surface area contributed by atoms with E-state index in [1.807, 2.05) is 6.92 Å². The largest absolute Gasteiger partial charge is 0.508 e. The topological polar surface area (TPSA) is 50.4 Å². The number of rotatable bonds is 0. The zero-order valence-electron chi connectivity index (χ0n) is 6.02. The molecule has 0 aromatic carbocycles. The van der Waals surface area contributed by atoms with E-state index in [1.54, 1.807) is 22.8 Å². The maximum atomic E-state index is 9.06. The van der Waals surface area contributed by atoms with Gasteiger partial charge in [0.1, 0.15) is 11.6 Å². The van der Waals surface area contributed by atoms with Crippen molar-refractivity contribution in [2.45, 2.75) is 6.92 Å². The van der Waals surface area contributed by atoms with Gasteiger partial charge >= 0.3 is 0 Å². The molecule has 0 fully saturated rings. The second-order valence-electron chi connectivity index (χ2n) is 2.35. The molecule has 0 bridgehead atoms. The minimum Gasteiger partial charge on any atom is -0.508 e. The van der Waals surface area contributed by atoms with E-state index in [1.165, 1.54) is 0 Å². The minimum atomic E-state index is 0.213. The van der Waals surface area contributed by atoms with Gasteiger partial charge in [0.15, 0.2) is 5.65 Å². The fourth-order valence-electron chi connectivity index (χ4n) is 0.982. The molecule has 0 atom stereocenters. The van der Waals surface area contributed by atoms with Gasteiger partial charge < -0.3 is 5.11 Å². The molecule has 0 radical (unpaired) electrons.